The quantitative estimate of drug-likeness (QED) is 0.719. The van der Waals surface area contributed by atoms with Crippen molar-refractivity contribution in [3.8, 4) is 0 Å². The molecule has 0 spiro atoms. The average Bonchev–Trinajstić information content (AvgIpc) is 2.30. The van der Waals surface area contributed by atoms with Crippen LogP contribution in [0, 0.1) is 17.8 Å². The molecule has 1 nitrogen and oxygen atoms in total. The highest BCUT2D eigenvalue weighted by Gasteiger charge is 2.30. The minimum atomic E-state index is 0.404. The van der Waals surface area contributed by atoms with Crippen LogP contribution in [0.2, 0.25) is 0 Å². The zero-order valence-electron chi connectivity index (χ0n) is 9.50. The first-order valence-corrected chi connectivity index (χ1v) is 6.98. The molecule has 2 atom stereocenters. The minimum Gasteiger partial charge on any atom is -0.396 e. The van der Waals surface area contributed by atoms with Gasteiger partial charge in [-0.25, -0.2) is 0 Å². The third-order valence-corrected chi connectivity index (χ3v) is 4.89. The van der Waals surface area contributed by atoms with Crippen LogP contribution in [0.15, 0.2) is 0 Å². The van der Waals surface area contributed by atoms with Crippen LogP contribution in [-0.4, -0.2) is 17.1 Å². The van der Waals surface area contributed by atoms with E-state index in [1.807, 2.05) is 0 Å². The normalized spacial score (nSPS) is 42.8. The lowest BCUT2D eigenvalue weighted by Crippen LogP contribution is -2.27. The predicted molar refractivity (Wildman–Crippen MR) is 64.1 cm³/mol. The molecule has 2 heteroatoms. The summed E-state index contributed by atoms with van der Waals surface area (Å²) in [6.45, 7) is 0.404. The highest BCUT2D eigenvalue weighted by molar-refractivity contribution is 6.20. The molecule has 2 saturated carbocycles. The first-order valence-electron chi connectivity index (χ1n) is 6.54. The molecule has 2 aliphatic carbocycles. The Morgan fingerprint density at radius 3 is 2.33 bits per heavy atom. The molecule has 2 aliphatic rings. The third kappa shape index (κ3) is 3.10. The van der Waals surface area contributed by atoms with Crippen LogP contribution < -0.4 is 0 Å². The van der Waals surface area contributed by atoms with Gasteiger partial charge in [0.15, 0.2) is 0 Å². The minimum absolute atomic E-state index is 0.404. The summed E-state index contributed by atoms with van der Waals surface area (Å²) in [4.78, 5) is 0. The fourth-order valence-corrected chi connectivity index (χ4v) is 3.73. The molecule has 0 bridgehead atoms. The lowest BCUT2D eigenvalue weighted by atomic mass is 9.70. The van der Waals surface area contributed by atoms with E-state index in [1.165, 1.54) is 51.4 Å². The van der Waals surface area contributed by atoms with Crippen LogP contribution in [0.25, 0.3) is 0 Å². The smallest absolute Gasteiger partial charge is 0.0459 e. The van der Waals surface area contributed by atoms with Crippen molar-refractivity contribution in [1.82, 2.24) is 0 Å². The van der Waals surface area contributed by atoms with Gasteiger partial charge < -0.3 is 5.11 Å². The molecule has 0 saturated heterocycles. The Kier molecular flexibility index (Phi) is 4.33. The highest BCUT2D eigenvalue weighted by Crippen LogP contribution is 2.40. The largest absolute Gasteiger partial charge is 0.396 e. The summed E-state index contributed by atoms with van der Waals surface area (Å²) in [6, 6.07) is 0. The van der Waals surface area contributed by atoms with Gasteiger partial charge in [-0.05, 0) is 56.3 Å². The van der Waals surface area contributed by atoms with E-state index in [1.54, 1.807) is 0 Å². The van der Waals surface area contributed by atoms with Crippen molar-refractivity contribution >= 4 is 11.6 Å². The summed E-state index contributed by atoms with van der Waals surface area (Å²) in [5.74, 6) is 2.40. The van der Waals surface area contributed by atoms with Crippen LogP contribution in [0.3, 0.4) is 0 Å². The number of alkyl halides is 1. The fourth-order valence-electron chi connectivity index (χ4n) is 3.48. The van der Waals surface area contributed by atoms with E-state index >= 15 is 0 Å². The second-order valence-electron chi connectivity index (χ2n) is 5.49. The van der Waals surface area contributed by atoms with Gasteiger partial charge in [0.2, 0.25) is 0 Å². The molecule has 0 aliphatic heterocycles. The summed E-state index contributed by atoms with van der Waals surface area (Å²) in [6.07, 6.45) is 10.3. The molecule has 0 aromatic carbocycles. The molecule has 0 amide bonds. The molecular weight excluding hydrogens is 208 g/mol. The number of halogens is 1. The molecule has 2 rings (SSSR count). The Bertz CT molecular complexity index is 187. The second-order valence-corrected chi connectivity index (χ2v) is 6.10. The lowest BCUT2D eigenvalue weighted by Gasteiger charge is -2.37. The van der Waals surface area contributed by atoms with E-state index in [0.29, 0.717) is 17.9 Å². The van der Waals surface area contributed by atoms with Gasteiger partial charge in [-0.1, -0.05) is 12.8 Å². The Labute approximate surface area is 98.2 Å². The molecule has 15 heavy (non-hydrogen) atoms. The standard InChI is InChI=1S/C13H23ClO/c14-13-6-4-11(5-7-13)12-3-1-2-10(8-12)9-15/h10-13,15H,1-9H2. The molecule has 0 heterocycles. The molecule has 1 N–H and O–H groups in total. The van der Waals surface area contributed by atoms with Gasteiger partial charge in [0, 0.05) is 12.0 Å². The van der Waals surface area contributed by atoms with Crippen molar-refractivity contribution in [3.05, 3.63) is 0 Å². The highest BCUT2D eigenvalue weighted by atomic mass is 35.5. The van der Waals surface area contributed by atoms with Gasteiger partial charge >= 0.3 is 0 Å². The maximum Gasteiger partial charge on any atom is 0.0459 e. The fraction of sp³-hybridized carbons (Fsp3) is 1.00. The molecular formula is C13H23ClO. The zero-order valence-corrected chi connectivity index (χ0v) is 10.3. The second kappa shape index (κ2) is 5.54. The summed E-state index contributed by atoms with van der Waals surface area (Å²) in [5.41, 5.74) is 0. The van der Waals surface area contributed by atoms with Crippen LogP contribution in [0.5, 0.6) is 0 Å². The summed E-state index contributed by atoms with van der Waals surface area (Å²) < 4.78 is 0. The summed E-state index contributed by atoms with van der Waals surface area (Å²) >= 11 is 6.14. The molecule has 2 fully saturated rings. The first-order chi connectivity index (χ1) is 7.29. The maximum atomic E-state index is 9.23. The SMILES string of the molecule is OCC1CCCC(C2CCC(Cl)CC2)C1. The molecule has 0 aromatic heterocycles. The van der Waals surface area contributed by atoms with Crippen molar-refractivity contribution in [1.29, 1.82) is 0 Å². The third-order valence-electron chi connectivity index (χ3n) is 4.45. The van der Waals surface area contributed by atoms with E-state index in [4.69, 9.17) is 11.6 Å². The van der Waals surface area contributed by atoms with E-state index in [-0.39, 0.29) is 0 Å². The van der Waals surface area contributed by atoms with Crippen LogP contribution in [0.4, 0.5) is 0 Å². The Hall–Kier alpha value is 0.250. The van der Waals surface area contributed by atoms with E-state index < -0.39 is 0 Å². The molecule has 2 unspecified atom stereocenters. The van der Waals surface area contributed by atoms with E-state index in [0.717, 1.165) is 11.8 Å². The van der Waals surface area contributed by atoms with Gasteiger partial charge in [0.1, 0.15) is 0 Å². The lowest BCUT2D eigenvalue weighted by molar-refractivity contribution is 0.117. The predicted octanol–water partition coefficient (Wildman–Crippen LogP) is 3.58. The van der Waals surface area contributed by atoms with E-state index in [2.05, 4.69) is 0 Å². The maximum absolute atomic E-state index is 9.23. The van der Waals surface area contributed by atoms with E-state index in [9.17, 15) is 5.11 Å². The van der Waals surface area contributed by atoms with Crippen molar-refractivity contribution in [2.24, 2.45) is 17.8 Å². The van der Waals surface area contributed by atoms with Gasteiger partial charge in [0.25, 0.3) is 0 Å². The zero-order chi connectivity index (χ0) is 10.7. The number of hydrogen-bond donors (Lipinski definition) is 1. The van der Waals surface area contributed by atoms with Crippen LogP contribution in [-0.2, 0) is 0 Å². The summed E-state index contributed by atoms with van der Waals surface area (Å²) in [5, 5.41) is 9.67. The van der Waals surface area contributed by atoms with Crippen molar-refractivity contribution < 1.29 is 5.11 Å². The monoisotopic (exact) mass is 230 g/mol. The topological polar surface area (TPSA) is 20.2 Å². The Morgan fingerprint density at radius 2 is 1.67 bits per heavy atom. The summed E-state index contributed by atoms with van der Waals surface area (Å²) in [7, 11) is 0. The van der Waals surface area contributed by atoms with Crippen LogP contribution in [0.1, 0.15) is 51.4 Å². The Balaban J connectivity index is 1.82. The van der Waals surface area contributed by atoms with Crippen molar-refractivity contribution in [2.75, 3.05) is 6.61 Å². The van der Waals surface area contributed by atoms with Gasteiger partial charge in [0.05, 0.1) is 0 Å². The average molecular weight is 231 g/mol. The number of aliphatic hydroxyl groups is 1. The Morgan fingerprint density at radius 1 is 0.933 bits per heavy atom. The first kappa shape index (κ1) is 11.7. The van der Waals surface area contributed by atoms with Gasteiger partial charge in [-0.3, -0.25) is 0 Å². The van der Waals surface area contributed by atoms with Crippen LogP contribution >= 0.6 is 11.6 Å². The molecule has 0 radical (unpaired) electrons. The van der Waals surface area contributed by atoms with Crippen molar-refractivity contribution in [2.45, 2.75) is 56.7 Å². The number of rotatable bonds is 2. The van der Waals surface area contributed by atoms with Crippen molar-refractivity contribution in [3.63, 3.8) is 0 Å². The molecule has 88 valence electrons. The van der Waals surface area contributed by atoms with Gasteiger partial charge in [-0.2, -0.15) is 0 Å². The number of hydrogen-bond acceptors (Lipinski definition) is 1. The van der Waals surface area contributed by atoms with Gasteiger partial charge in [-0.15, -0.1) is 11.6 Å². The number of aliphatic hydroxyl groups excluding tert-OH is 1. The molecule has 0 aromatic rings.